The van der Waals surface area contributed by atoms with Gasteiger partial charge in [0.25, 0.3) is 5.91 Å². The van der Waals surface area contributed by atoms with Crippen LogP contribution in [0, 0.1) is 6.92 Å². The van der Waals surface area contributed by atoms with Gasteiger partial charge in [0.15, 0.2) is 5.01 Å². The van der Waals surface area contributed by atoms with E-state index in [1.165, 1.54) is 11.3 Å². The van der Waals surface area contributed by atoms with Gasteiger partial charge in [-0.2, -0.15) is 4.98 Å². The van der Waals surface area contributed by atoms with Gasteiger partial charge in [0, 0.05) is 24.0 Å². The predicted molar refractivity (Wildman–Crippen MR) is 131 cm³/mol. The van der Waals surface area contributed by atoms with Gasteiger partial charge < -0.3 is 21.1 Å². The molecule has 1 amide bonds. The molecule has 9 nitrogen and oxygen atoms in total. The van der Waals surface area contributed by atoms with Gasteiger partial charge >= 0.3 is 0 Å². The first kappa shape index (κ1) is 21.9. The lowest BCUT2D eigenvalue weighted by Gasteiger charge is -2.20. The number of carbonyl (C=O) groups excluding carboxylic acids is 1. The Balaban J connectivity index is 1.48. The Morgan fingerprint density at radius 1 is 1.15 bits per heavy atom. The fraction of sp³-hybridized carbons (Fsp3) is 0.208. The molecule has 3 heterocycles. The molecule has 0 bridgehead atoms. The van der Waals surface area contributed by atoms with Crippen molar-refractivity contribution in [2.75, 3.05) is 23.8 Å². The van der Waals surface area contributed by atoms with Crippen molar-refractivity contribution in [1.82, 2.24) is 25.5 Å². The monoisotopic (exact) mass is 473 g/mol. The molecule has 0 saturated heterocycles. The SMILES string of the molecule is Cc1nnc(-c2cnc(Nc3ccc4c(c3)CCNC4=O)nc2N[C@H](CO)c2ccccc2)s1. The molecule has 2 aromatic carbocycles. The summed E-state index contributed by atoms with van der Waals surface area (Å²) in [6.45, 7) is 2.40. The van der Waals surface area contributed by atoms with Gasteiger partial charge in [-0.1, -0.05) is 41.7 Å². The van der Waals surface area contributed by atoms with Crippen LogP contribution in [-0.4, -0.2) is 44.3 Å². The number of nitrogens with zero attached hydrogens (tertiary/aromatic N) is 4. The molecule has 1 atom stereocenters. The molecule has 0 radical (unpaired) electrons. The van der Waals surface area contributed by atoms with E-state index in [1.54, 1.807) is 12.3 Å². The topological polar surface area (TPSA) is 125 Å². The standard InChI is InChI=1S/C24H23N7O2S/c1-14-30-31-23(34-14)19-12-26-24(27-17-7-8-18-16(11-17)9-10-25-22(18)33)29-21(19)28-20(13-32)15-5-3-2-4-6-15/h2-8,11-12,20,32H,9-10,13H2,1H3,(H,25,33)(H2,26,27,28,29)/t20-/m1/s1. The van der Waals surface area contributed by atoms with E-state index >= 15 is 0 Å². The minimum absolute atomic E-state index is 0.0526. The molecule has 4 aromatic rings. The first-order valence-electron chi connectivity index (χ1n) is 10.9. The van der Waals surface area contributed by atoms with Crippen LogP contribution in [-0.2, 0) is 6.42 Å². The van der Waals surface area contributed by atoms with E-state index in [0.717, 1.165) is 28.2 Å². The summed E-state index contributed by atoms with van der Waals surface area (Å²) in [5, 5.41) is 29.4. The highest BCUT2D eigenvalue weighted by atomic mass is 32.1. The number of aliphatic hydroxyl groups is 1. The molecule has 34 heavy (non-hydrogen) atoms. The average Bonchev–Trinajstić information content (AvgIpc) is 3.29. The lowest BCUT2D eigenvalue weighted by Crippen LogP contribution is -2.31. The van der Waals surface area contributed by atoms with Crippen LogP contribution in [0.15, 0.2) is 54.7 Å². The molecule has 1 aliphatic heterocycles. The smallest absolute Gasteiger partial charge is 0.251 e. The Labute approximate surface area is 200 Å². The van der Waals surface area contributed by atoms with Crippen molar-refractivity contribution in [2.24, 2.45) is 0 Å². The Morgan fingerprint density at radius 2 is 2.00 bits per heavy atom. The number of carbonyl (C=O) groups is 1. The van der Waals surface area contributed by atoms with E-state index in [0.29, 0.717) is 34.4 Å². The van der Waals surface area contributed by atoms with Gasteiger partial charge in [-0.3, -0.25) is 4.79 Å². The van der Waals surface area contributed by atoms with E-state index in [4.69, 9.17) is 4.98 Å². The molecule has 5 rings (SSSR count). The molecule has 172 valence electrons. The molecule has 0 spiro atoms. The van der Waals surface area contributed by atoms with E-state index in [2.05, 4.69) is 31.1 Å². The van der Waals surface area contributed by atoms with E-state index in [9.17, 15) is 9.90 Å². The number of aliphatic hydroxyl groups excluding tert-OH is 1. The van der Waals surface area contributed by atoms with Gasteiger partial charge in [-0.25, -0.2) is 4.98 Å². The highest BCUT2D eigenvalue weighted by Gasteiger charge is 2.19. The van der Waals surface area contributed by atoms with Crippen LogP contribution < -0.4 is 16.0 Å². The number of amides is 1. The van der Waals surface area contributed by atoms with Crippen molar-refractivity contribution in [1.29, 1.82) is 0 Å². The Bertz CT molecular complexity index is 1330. The largest absolute Gasteiger partial charge is 0.394 e. The predicted octanol–water partition coefficient (Wildman–Crippen LogP) is 3.48. The summed E-state index contributed by atoms with van der Waals surface area (Å²) in [7, 11) is 0. The third kappa shape index (κ3) is 4.59. The fourth-order valence-electron chi connectivity index (χ4n) is 3.83. The summed E-state index contributed by atoms with van der Waals surface area (Å²) in [6, 6.07) is 14.9. The zero-order valence-electron chi connectivity index (χ0n) is 18.4. The van der Waals surface area contributed by atoms with Crippen molar-refractivity contribution in [2.45, 2.75) is 19.4 Å². The number of aryl methyl sites for hydroxylation is 1. The van der Waals surface area contributed by atoms with E-state index in [1.807, 2.05) is 49.4 Å². The Kier molecular flexibility index (Phi) is 6.15. The van der Waals surface area contributed by atoms with Crippen LogP contribution >= 0.6 is 11.3 Å². The maximum atomic E-state index is 12.0. The second kappa shape index (κ2) is 9.54. The quantitative estimate of drug-likeness (QED) is 0.322. The highest BCUT2D eigenvalue weighted by molar-refractivity contribution is 7.14. The highest BCUT2D eigenvalue weighted by Crippen LogP contribution is 2.32. The van der Waals surface area contributed by atoms with Gasteiger partial charge in [-0.15, -0.1) is 10.2 Å². The zero-order chi connectivity index (χ0) is 23.5. The number of benzene rings is 2. The fourth-order valence-corrected chi connectivity index (χ4v) is 4.54. The maximum Gasteiger partial charge on any atom is 0.251 e. The lowest BCUT2D eigenvalue weighted by atomic mass is 10.00. The Morgan fingerprint density at radius 3 is 2.76 bits per heavy atom. The molecule has 4 N–H and O–H groups in total. The minimum Gasteiger partial charge on any atom is -0.394 e. The first-order chi connectivity index (χ1) is 16.6. The van der Waals surface area contributed by atoms with Gasteiger partial charge in [-0.05, 0) is 42.7 Å². The van der Waals surface area contributed by atoms with Crippen molar-refractivity contribution in [3.8, 4) is 10.6 Å². The van der Waals surface area contributed by atoms with Crippen LogP contribution in [0.4, 0.5) is 17.5 Å². The summed E-state index contributed by atoms with van der Waals surface area (Å²) in [4.78, 5) is 21.2. The molecule has 0 fully saturated rings. The van der Waals surface area contributed by atoms with Crippen molar-refractivity contribution >= 4 is 34.7 Å². The van der Waals surface area contributed by atoms with Crippen LogP contribution in [0.5, 0.6) is 0 Å². The molecular weight excluding hydrogens is 450 g/mol. The average molecular weight is 474 g/mol. The second-order valence-electron chi connectivity index (χ2n) is 7.88. The maximum absolute atomic E-state index is 12.0. The van der Waals surface area contributed by atoms with Crippen molar-refractivity contribution in [3.05, 3.63) is 76.4 Å². The van der Waals surface area contributed by atoms with Crippen molar-refractivity contribution in [3.63, 3.8) is 0 Å². The molecule has 0 unspecified atom stereocenters. The van der Waals surface area contributed by atoms with Crippen LogP contribution in [0.3, 0.4) is 0 Å². The number of fused-ring (bicyclic) bond motifs is 1. The zero-order valence-corrected chi connectivity index (χ0v) is 19.3. The summed E-state index contributed by atoms with van der Waals surface area (Å²) in [5.74, 6) is 0.870. The van der Waals surface area contributed by atoms with Crippen LogP contribution in [0.2, 0.25) is 0 Å². The van der Waals surface area contributed by atoms with Gasteiger partial charge in [0.1, 0.15) is 10.8 Å². The molecule has 10 heteroatoms. The second-order valence-corrected chi connectivity index (χ2v) is 9.06. The van der Waals surface area contributed by atoms with E-state index in [-0.39, 0.29) is 18.6 Å². The van der Waals surface area contributed by atoms with Gasteiger partial charge in [0.2, 0.25) is 5.95 Å². The number of nitrogens with one attached hydrogen (secondary N) is 3. The molecule has 0 aliphatic carbocycles. The number of aromatic nitrogens is 4. The van der Waals surface area contributed by atoms with Crippen LogP contribution in [0.1, 0.15) is 32.5 Å². The Hall–Kier alpha value is -3.89. The third-order valence-corrected chi connectivity index (χ3v) is 6.40. The minimum atomic E-state index is -0.362. The van der Waals surface area contributed by atoms with E-state index < -0.39 is 0 Å². The molecule has 2 aromatic heterocycles. The summed E-state index contributed by atoms with van der Waals surface area (Å²) < 4.78 is 0. The number of rotatable bonds is 7. The summed E-state index contributed by atoms with van der Waals surface area (Å²) >= 11 is 1.45. The number of anilines is 3. The molecular formula is C24H23N7O2S. The lowest BCUT2D eigenvalue weighted by molar-refractivity contribution is 0.0946. The number of hydrogen-bond donors (Lipinski definition) is 4. The molecule has 1 aliphatic rings. The molecule has 0 saturated carbocycles. The van der Waals surface area contributed by atoms with Crippen LogP contribution in [0.25, 0.3) is 10.6 Å². The van der Waals surface area contributed by atoms with Crippen molar-refractivity contribution < 1.29 is 9.90 Å². The third-order valence-electron chi connectivity index (χ3n) is 5.53. The summed E-state index contributed by atoms with van der Waals surface area (Å²) in [6.07, 6.45) is 2.47. The number of hydrogen-bond acceptors (Lipinski definition) is 9. The first-order valence-corrected chi connectivity index (χ1v) is 11.7. The normalized spacial score (nSPS) is 13.6. The van der Waals surface area contributed by atoms with Gasteiger partial charge in [0.05, 0.1) is 18.2 Å². The summed E-state index contributed by atoms with van der Waals surface area (Å²) in [5.41, 5.74) is 4.10.